The second kappa shape index (κ2) is 6.11. The second-order valence-electron chi connectivity index (χ2n) is 7.12. The lowest BCUT2D eigenvalue weighted by Crippen LogP contribution is -2.40. The highest BCUT2D eigenvalue weighted by atomic mass is 16.5. The highest BCUT2D eigenvalue weighted by molar-refractivity contribution is 6.47. The highest BCUT2D eigenvalue weighted by Crippen LogP contribution is 2.36. The Bertz CT molecular complexity index is 586. The van der Waals surface area contributed by atoms with Crippen LogP contribution in [0.2, 0.25) is 5.31 Å². The standard InChI is InChI=1S/C18H24B2O/c1-17(2,19)18(3,4)21-20-16-12-8-11-15(13-16)14-9-6-5-7-10-14/h5-13,20H,19H2,1-4H3. The molecule has 0 aliphatic rings. The van der Waals surface area contributed by atoms with Crippen molar-refractivity contribution in [2.45, 2.75) is 38.6 Å². The molecule has 2 aromatic carbocycles. The fraction of sp³-hybridized carbons (Fsp3) is 0.333. The van der Waals surface area contributed by atoms with Crippen LogP contribution in [0.5, 0.6) is 0 Å². The van der Waals surface area contributed by atoms with Crippen LogP contribution in [-0.4, -0.2) is 20.9 Å². The van der Waals surface area contributed by atoms with Gasteiger partial charge in [0, 0.05) is 5.60 Å². The molecule has 0 saturated carbocycles. The van der Waals surface area contributed by atoms with Crippen LogP contribution < -0.4 is 5.46 Å². The fourth-order valence-electron chi connectivity index (χ4n) is 1.95. The van der Waals surface area contributed by atoms with Gasteiger partial charge in [0.1, 0.15) is 7.85 Å². The van der Waals surface area contributed by atoms with Crippen LogP contribution in [0, 0.1) is 0 Å². The van der Waals surface area contributed by atoms with Gasteiger partial charge in [-0.2, -0.15) is 0 Å². The van der Waals surface area contributed by atoms with Crippen molar-refractivity contribution < 1.29 is 4.65 Å². The molecule has 0 aliphatic heterocycles. The molecule has 0 spiro atoms. The molecular weight excluding hydrogens is 254 g/mol. The Morgan fingerprint density at radius 2 is 1.48 bits per heavy atom. The zero-order valence-electron chi connectivity index (χ0n) is 13.8. The van der Waals surface area contributed by atoms with E-state index in [1.807, 2.05) is 6.07 Å². The Kier molecular flexibility index (Phi) is 4.63. The summed E-state index contributed by atoms with van der Waals surface area (Å²) in [5, 5.41) is 0.115. The van der Waals surface area contributed by atoms with Gasteiger partial charge >= 0.3 is 7.48 Å². The largest absolute Gasteiger partial charge is 0.430 e. The summed E-state index contributed by atoms with van der Waals surface area (Å²) in [5.41, 5.74) is 3.55. The molecule has 0 aromatic heterocycles. The number of hydrogen-bond donors (Lipinski definition) is 0. The SMILES string of the molecule is BC(C)(C)C(C)(C)OBc1cccc(-c2ccccc2)c1. The van der Waals surface area contributed by atoms with E-state index in [9.17, 15) is 0 Å². The van der Waals surface area contributed by atoms with Gasteiger partial charge in [0.15, 0.2) is 0 Å². The van der Waals surface area contributed by atoms with Gasteiger partial charge in [-0.3, -0.25) is 0 Å². The van der Waals surface area contributed by atoms with Gasteiger partial charge in [0.25, 0.3) is 0 Å². The quantitative estimate of drug-likeness (QED) is 0.764. The van der Waals surface area contributed by atoms with E-state index in [0.717, 1.165) is 0 Å². The molecule has 0 atom stereocenters. The van der Waals surface area contributed by atoms with Crippen LogP contribution in [-0.2, 0) is 4.65 Å². The summed E-state index contributed by atoms with van der Waals surface area (Å²) in [6.45, 7) is 8.75. The van der Waals surface area contributed by atoms with E-state index in [1.165, 1.54) is 16.6 Å². The summed E-state index contributed by atoms with van der Waals surface area (Å²) < 4.78 is 6.17. The average Bonchev–Trinajstić information content (AvgIpc) is 2.45. The third kappa shape index (κ3) is 4.01. The highest BCUT2D eigenvalue weighted by Gasteiger charge is 2.33. The minimum Gasteiger partial charge on any atom is -0.430 e. The lowest BCUT2D eigenvalue weighted by atomic mass is 9.61. The van der Waals surface area contributed by atoms with E-state index in [4.69, 9.17) is 4.65 Å². The van der Waals surface area contributed by atoms with Crippen molar-refractivity contribution in [1.82, 2.24) is 0 Å². The molecule has 0 fully saturated rings. The van der Waals surface area contributed by atoms with Crippen LogP contribution in [0.25, 0.3) is 11.1 Å². The lowest BCUT2D eigenvalue weighted by molar-refractivity contribution is 0.0767. The first kappa shape index (κ1) is 15.9. The summed E-state index contributed by atoms with van der Waals surface area (Å²) in [7, 11) is 2.86. The van der Waals surface area contributed by atoms with Crippen molar-refractivity contribution in [3.63, 3.8) is 0 Å². The van der Waals surface area contributed by atoms with Gasteiger partial charge in [-0.15, -0.1) is 0 Å². The van der Waals surface area contributed by atoms with Crippen LogP contribution in [0.3, 0.4) is 0 Å². The van der Waals surface area contributed by atoms with Gasteiger partial charge in [0.2, 0.25) is 0 Å². The van der Waals surface area contributed by atoms with Crippen molar-refractivity contribution in [3.8, 4) is 11.1 Å². The molecule has 0 amide bonds. The molecule has 0 unspecified atom stereocenters. The molecule has 0 radical (unpaired) electrons. The number of hydrogen-bond acceptors (Lipinski definition) is 1. The first-order valence-corrected chi connectivity index (χ1v) is 7.58. The van der Waals surface area contributed by atoms with E-state index in [-0.39, 0.29) is 10.9 Å². The van der Waals surface area contributed by atoms with Gasteiger partial charge < -0.3 is 4.65 Å². The van der Waals surface area contributed by atoms with Crippen molar-refractivity contribution in [3.05, 3.63) is 54.6 Å². The maximum atomic E-state index is 6.17. The number of benzene rings is 2. The van der Waals surface area contributed by atoms with Crippen molar-refractivity contribution >= 4 is 20.8 Å². The number of rotatable bonds is 5. The van der Waals surface area contributed by atoms with E-state index in [0.29, 0.717) is 7.48 Å². The van der Waals surface area contributed by atoms with Crippen molar-refractivity contribution in [1.29, 1.82) is 0 Å². The van der Waals surface area contributed by atoms with Gasteiger partial charge in [-0.05, 0) is 30.3 Å². The smallest absolute Gasteiger partial charge is 0.309 e. The zero-order chi connectivity index (χ0) is 15.5. The normalized spacial score (nSPS) is 12.2. The molecule has 0 N–H and O–H groups in total. The Labute approximate surface area is 130 Å². The van der Waals surface area contributed by atoms with Crippen molar-refractivity contribution in [2.75, 3.05) is 0 Å². The molecule has 3 heteroatoms. The zero-order valence-corrected chi connectivity index (χ0v) is 13.8. The third-order valence-electron chi connectivity index (χ3n) is 4.44. The fourth-order valence-corrected chi connectivity index (χ4v) is 1.95. The molecule has 2 aromatic rings. The van der Waals surface area contributed by atoms with E-state index in [1.54, 1.807) is 0 Å². The van der Waals surface area contributed by atoms with Crippen molar-refractivity contribution in [2.24, 2.45) is 0 Å². The molecule has 2 rings (SSSR count). The Morgan fingerprint density at radius 1 is 0.857 bits per heavy atom. The first-order chi connectivity index (χ1) is 9.79. The molecule has 21 heavy (non-hydrogen) atoms. The minimum atomic E-state index is -0.157. The first-order valence-electron chi connectivity index (χ1n) is 7.58. The average molecular weight is 278 g/mol. The predicted molar refractivity (Wildman–Crippen MR) is 96.4 cm³/mol. The third-order valence-corrected chi connectivity index (χ3v) is 4.44. The van der Waals surface area contributed by atoms with Crippen LogP contribution in [0.1, 0.15) is 27.7 Å². The molecular formula is C18H24B2O. The maximum absolute atomic E-state index is 6.17. The molecule has 0 heterocycles. The predicted octanol–water partition coefficient (Wildman–Crippen LogP) is 2.96. The molecule has 108 valence electrons. The van der Waals surface area contributed by atoms with E-state index >= 15 is 0 Å². The second-order valence-corrected chi connectivity index (χ2v) is 7.12. The molecule has 0 aliphatic carbocycles. The minimum absolute atomic E-state index is 0.115. The Morgan fingerprint density at radius 3 is 2.10 bits per heavy atom. The van der Waals surface area contributed by atoms with Gasteiger partial charge in [0.05, 0.1) is 0 Å². The van der Waals surface area contributed by atoms with Gasteiger partial charge in [-0.25, -0.2) is 0 Å². The van der Waals surface area contributed by atoms with E-state index in [2.05, 4.69) is 84.1 Å². The molecule has 1 nitrogen and oxygen atoms in total. The molecule has 0 saturated heterocycles. The topological polar surface area (TPSA) is 9.23 Å². The summed E-state index contributed by atoms with van der Waals surface area (Å²) >= 11 is 0. The van der Waals surface area contributed by atoms with Crippen LogP contribution in [0.15, 0.2) is 54.6 Å². The van der Waals surface area contributed by atoms with Gasteiger partial charge in [-0.1, -0.05) is 73.9 Å². The molecule has 0 bridgehead atoms. The summed E-state index contributed by atoms with van der Waals surface area (Å²) in [5.74, 6) is 0. The lowest BCUT2D eigenvalue weighted by Gasteiger charge is -2.39. The van der Waals surface area contributed by atoms with Crippen LogP contribution >= 0.6 is 0 Å². The Balaban J connectivity index is 2.13. The van der Waals surface area contributed by atoms with Crippen LogP contribution in [0.4, 0.5) is 0 Å². The monoisotopic (exact) mass is 278 g/mol. The summed E-state index contributed by atoms with van der Waals surface area (Å²) in [6, 6.07) is 19.1. The Hall–Kier alpha value is -1.47. The maximum Gasteiger partial charge on any atom is 0.309 e. The summed E-state index contributed by atoms with van der Waals surface area (Å²) in [4.78, 5) is 0. The van der Waals surface area contributed by atoms with E-state index < -0.39 is 0 Å². The summed E-state index contributed by atoms with van der Waals surface area (Å²) in [6.07, 6.45) is 0.